The molecule has 2 saturated heterocycles. The van der Waals surface area contributed by atoms with Crippen LogP contribution in [0, 0.1) is 0 Å². The van der Waals surface area contributed by atoms with Gasteiger partial charge in [-0.3, -0.25) is 53.3 Å². The number of nitrogens with zero attached hydrogens (tertiary/aromatic N) is 10. The zero-order chi connectivity index (χ0) is 58.4. The number of unbranched alkanes of at least 4 members (excludes halogenated alkanes) is 8. The fourth-order valence-electron chi connectivity index (χ4n) is 9.55. The molecule has 1 aromatic heterocycles. The smallest absolute Gasteiger partial charge is 0.326 e. The fourth-order valence-corrected chi connectivity index (χ4v) is 9.55. The maximum absolute atomic E-state index is 12.3. The molecule has 3 amide bonds. The van der Waals surface area contributed by atoms with Crippen molar-refractivity contribution in [2.75, 3.05) is 147 Å². The van der Waals surface area contributed by atoms with Crippen molar-refractivity contribution in [1.82, 2.24) is 55.4 Å². The highest BCUT2D eigenvalue weighted by Gasteiger charge is 2.29. The number of rotatable bonds is 34. The second kappa shape index (κ2) is 35.6. The largest absolute Gasteiger partial charge is 0.480 e. The number of piperazine rings is 1. The van der Waals surface area contributed by atoms with Gasteiger partial charge in [-0.05, 0) is 62.8 Å². The number of urea groups is 1. The van der Waals surface area contributed by atoms with E-state index in [2.05, 4.69) is 36.1 Å². The number of carboxylic acids is 6. The molecule has 2 unspecified atom stereocenters. The molecule has 2 aliphatic heterocycles. The summed E-state index contributed by atoms with van der Waals surface area (Å²) in [5.41, 5.74) is 1.47. The van der Waals surface area contributed by atoms with E-state index in [1.165, 1.54) is 0 Å². The van der Waals surface area contributed by atoms with Gasteiger partial charge < -0.3 is 61.7 Å². The van der Waals surface area contributed by atoms with E-state index in [0.717, 1.165) is 89.7 Å². The highest BCUT2D eigenvalue weighted by Crippen LogP contribution is 2.23. The summed E-state index contributed by atoms with van der Waals surface area (Å²) in [4.78, 5) is 121. The molecular weight excluding hydrogens is 1040 g/mol. The van der Waals surface area contributed by atoms with Gasteiger partial charge in [0.25, 0.3) is 0 Å². The molecule has 28 heteroatoms. The predicted octanol–water partition coefficient (Wildman–Crippen LogP) is 0.909. The molecule has 28 nitrogen and oxygen atoms in total. The Morgan fingerprint density at radius 1 is 0.613 bits per heavy atom. The molecule has 80 heavy (non-hydrogen) atoms. The Morgan fingerprint density at radius 2 is 1.19 bits per heavy atom. The minimum Gasteiger partial charge on any atom is -0.480 e. The summed E-state index contributed by atoms with van der Waals surface area (Å²) in [6.07, 6.45) is 10.3. The number of anilines is 4. The van der Waals surface area contributed by atoms with Gasteiger partial charge in [-0.15, -0.1) is 0 Å². The van der Waals surface area contributed by atoms with Gasteiger partial charge in [0.05, 0.1) is 26.2 Å². The summed E-state index contributed by atoms with van der Waals surface area (Å²) >= 11 is 0. The van der Waals surface area contributed by atoms with Crippen molar-refractivity contribution < 1.29 is 69.0 Å². The van der Waals surface area contributed by atoms with Crippen molar-refractivity contribution in [3.05, 3.63) is 29.8 Å². The van der Waals surface area contributed by atoms with E-state index >= 15 is 0 Å². The van der Waals surface area contributed by atoms with Crippen LogP contribution in [0.4, 0.5) is 28.3 Å². The molecular formula is C52H84N14O14. The van der Waals surface area contributed by atoms with E-state index in [9.17, 15) is 63.9 Å². The summed E-state index contributed by atoms with van der Waals surface area (Å²) in [5, 5.41) is 67.7. The Kier molecular flexibility index (Phi) is 29.1. The van der Waals surface area contributed by atoms with Crippen molar-refractivity contribution in [1.29, 1.82) is 0 Å². The first-order chi connectivity index (χ1) is 38.2. The number of nitrogens with one attached hydrogen (secondary N) is 4. The lowest BCUT2D eigenvalue weighted by molar-refractivity contribution is -0.142. The van der Waals surface area contributed by atoms with E-state index in [0.29, 0.717) is 55.8 Å². The van der Waals surface area contributed by atoms with Gasteiger partial charge in [-0.1, -0.05) is 50.7 Å². The van der Waals surface area contributed by atoms with Crippen molar-refractivity contribution in [2.24, 2.45) is 0 Å². The Labute approximate surface area is 466 Å². The number of carbonyl (C=O) groups excluding carboxylic acids is 2. The molecule has 0 bridgehead atoms. The maximum atomic E-state index is 12.3. The van der Waals surface area contributed by atoms with Crippen LogP contribution in [0.5, 0.6) is 0 Å². The number of hydrogen-bond acceptors (Lipinski definition) is 19. The SMILES string of the molecule is CN(C)c1nc(Nc2cccc(CC3CN(CC(=O)O)CCN(CC(=O)O)CCN(CC(=O)O)CCN3CC(=O)O)c2)nc(N2CCN(CCCCCCCCCCC(=O)NCCCCC(NC(=O)NCC(=O)O)C(=O)O)CC2)n1. The molecule has 2 aliphatic rings. The van der Waals surface area contributed by atoms with Crippen molar-refractivity contribution in [3.63, 3.8) is 0 Å². The van der Waals surface area contributed by atoms with Crippen LogP contribution in [0.25, 0.3) is 0 Å². The van der Waals surface area contributed by atoms with Gasteiger partial charge in [0, 0.05) is 111 Å². The zero-order valence-corrected chi connectivity index (χ0v) is 46.3. The van der Waals surface area contributed by atoms with Gasteiger partial charge in [0.1, 0.15) is 12.6 Å². The molecule has 3 heterocycles. The molecule has 0 radical (unpaired) electrons. The third-order valence-electron chi connectivity index (χ3n) is 13.8. The van der Waals surface area contributed by atoms with Crippen molar-refractivity contribution in [3.8, 4) is 0 Å². The van der Waals surface area contributed by atoms with Crippen LogP contribution in [0.3, 0.4) is 0 Å². The standard InChI is InChI=1S/C52H84N14O14/c1-60(2)50-57-49(55-39-15-13-14-38(30-39)31-40-33-64(36-46(74)75)23-22-62(34-44(70)71)20-21-63(35-45(72)73)26-29-66(40)37-47(76)77)58-51(59-50)65-27-24-61(25-28-65)19-12-8-6-4-3-5-7-9-17-42(67)53-18-11-10-16-41(48(78)79)56-52(80)54-32-43(68)69/h13-15,30,40-41H,3-12,16-29,31-37H2,1-2H3,(H,53,67)(H,68,69)(H,70,71)(H,72,73)(H,74,75)(H,76,77)(H,78,79)(H2,54,56,80)(H,55,57,58,59). The molecule has 0 saturated carbocycles. The first kappa shape index (κ1) is 65.5. The normalized spacial score (nSPS) is 16.8. The number of aliphatic carboxylic acids is 6. The third kappa shape index (κ3) is 26.8. The van der Waals surface area contributed by atoms with Crippen LogP contribution in [0.1, 0.15) is 82.6 Å². The van der Waals surface area contributed by atoms with E-state index < -0.39 is 60.5 Å². The highest BCUT2D eigenvalue weighted by atomic mass is 16.4. The number of aromatic nitrogens is 3. The summed E-state index contributed by atoms with van der Waals surface area (Å²) in [6.45, 7) is 3.88. The number of amides is 3. The Hall–Kier alpha value is -7.01. The monoisotopic (exact) mass is 1130 g/mol. The average Bonchev–Trinajstić information content (AvgIpc) is 3.40. The molecule has 2 aromatic rings. The van der Waals surface area contributed by atoms with Gasteiger partial charge in [0.15, 0.2) is 0 Å². The van der Waals surface area contributed by atoms with Crippen LogP contribution in [0.2, 0.25) is 0 Å². The molecule has 2 atom stereocenters. The van der Waals surface area contributed by atoms with Gasteiger partial charge in [-0.25, -0.2) is 9.59 Å². The summed E-state index contributed by atoms with van der Waals surface area (Å²) in [6, 6.07) is 4.95. The number of carbonyl (C=O) groups is 8. The quantitative estimate of drug-likeness (QED) is 0.0435. The van der Waals surface area contributed by atoms with E-state index in [4.69, 9.17) is 15.1 Å². The minimum atomic E-state index is -1.24. The fraction of sp³-hybridized carbons (Fsp3) is 0.673. The summed E-state index contributed by atoms with van der Waals surface area (Å²) in [7, 11) is 3.71. The summed E-state index contributed by atoms with van der Waals surface area (Å²) in [5.74, 6) is -5.50. The number of carboxylic acid groups (broad SMARTS) is 6. The molecule has 2 fully saturated rings. The van der Waals surface area contributed by atoms with E-state index in [1.54, 1.807) is 24.5 Å². The third-order valence-corrected chi connectivity index (χ3v) is 13.8. The lowest BCUT2D eigenvalue weighted by atomic mass is 10.0. The Bertz CT molecular complexity index is 2310. The van der Waals surface area contributed by atoms with Gasteiger partial charge >= 0.3 is 41.8 Å². The van der Waals surface area contributed by atoms with E-state index in [-0.39, 0.29) is 84.3 Å². The second-order valence-electron chi connectivity index (χ2n) is 20.5. The topological polar surface area (TPSA) is 367 Å². The van der Waals surface area contributed by atoms with Crippen molar-refractivity contribution >= 4 is 71.3 Å². The number of benzene rings is 1. The van der Waals surface area contributed by atoms with Crippen LogP contribution in [0.15, 0.2) is 24.3 Å². The predicted molar refractivity (Wildman–Crippen MR) is 295 cm³/mol. The number of hydrogen-bond donors (Lipinski definition) is 10. The van der Waals surface area contributed by atoms with E-state index in [1.807, 2.05) is 38.4 Å². The Balaban J connectivity index is 1.23. The Morgan fingerprint density at radius 3 is 1.79 bits per heavy atom. The van der Waals surface area contributed by atoms with Crippen LogP contribution in [-0.2, 0) is 40.0 Å². The zero-order valence-electron chi connectivity index (χ0n) is 46.3. The lowest BCUT2D eigenvalue weighted by Gasteiger charge is -2.37. The molecule has 1 aromatic carbocycles. The van der Waals surface area contributed by atoms with Gasteiger partial charge in [-0.2, -0.15) is 15.0 Å². The first-order valence-electron chi connectivity index (χ1n) is 27.5. The van der Waals surface area contributed by atoms with Gasteiger partial charge in [0.2, 0.25) is 23.8 Å². The van der Waals surface area contributed by atoms with Crippen LogP contribution >= 0.6 is 0 Å². The molecule has 446 valence electrons. The maximum Gasteiger partial charge on any atom is 0.326 e. The van der Waals surface area contributed by atoms with Crippen LogP contribution in [-0.4, -0.2) is 262 Å². The highest BCUT2D eigenvalue weighted by molar-refractivity contribution is 5.84. The minimum absolute atomic E-state index is 0.0474. The molecule has 4 rings (SSSR count). The lowest BCUT2D eigenvalue weighted by Crippen LogP contribution is -2.53. The van der Waals surface area contributed by atoms with Crippen LogP contribution < -0.4 is 31.1 Å². The molecule has 0 aliphatic carbocycles. The molecule has 0 spiro atoms. The molecule has 10 N–H and O–H groups in total. The van der Waals surface area contributed by atoms with Crippen molar-refractivity contribution in [2.45, 2.75) is 95.6 Å². The second-order valence-corrected chi connectivity index (χ2v) is 20.5. The average molecular weight is 1130 g/mol. The summed E-state index contributed by atoms with van der Waals surface area (Å²) < 4.78 is 0. The first-order valence-corrected chi connectivity index (χ1v) is 27.5.